The molecule has 0 aromatic carbocycles. The van der Waals surface area contributed by atoms with Crippen molar-refractivity contribution in [3.63, 3.8) is 0 Å². The van der Waals surface area contributed by atoms with Gasteiger partial charge in [-0.15, -0.1) is 0 Å². The largest absolute Gasteiger partial charge is 0.377 e. The molecule has 2 heteroatoms. The van der Waals surface area contributed by atoms with Crippen molar-refractivity contribution in [2.45, 2.75) is 58.1 Å². The molecule has 2 nitrogen and oxygen atoms in total. The van der Waals surface area contributed by atoms with Gasteiger partial charge in [-0.25, -0.2) is 0 Å². The summed E-state index contributed by atoms with van der Waals surface area (Å²) in [6.07, 6.45) is 6.80. The second-order valence-electron chi connectivity index (χ2n) is 4.26. The molecule has 0 spiro atoms. The lowest BCUT2D eigenvalue weighted by molar-refractivity contribution is 0.0445. The Morgan fingerprint density at radius 3 is 2.54 bits per heavy atom. The van der Waals surface area contributed by atoms with E-state index in [1.165, 1.54) is 25.7 Å². The lowest BCUT2D eigenvalue weighted by Crippen LogP contribution is -2.34. The van der Waals surface area contributed by atoms with Crippen LogP contribution in [0.1, 0.15) is 46.0 Å². The zero-order valence-corrected chi connectivity index (χ0v) is 8.96. The zero-order valence-electron chi connectivity index (χ0n) is 8.96. The molecular formula is C11H23NO. The fourth-order valence-electron chi connectivity index (χ4n) is 1.91. The molecule has 2 N–H and O–H groups in total. The van der Waals surface area contributed by atoms with Gasteiger partial charge >= 0.3 is 0 Å². The van der Waals surface area contributed by atoms with Crippen molar-refractivity contribution >= 4 is 0 Å². The molecule has 1 aliphatic carbocycles. The fourth-order valence-corrected chi connectivity index (χ4v) is 1.91. The molecule has 1 saturated carbocycles. The van der Waals surface area contributed by atoms with Gasteiger partial charge in [0.2, 0.25) is 0 Å². The van der Waals surface area contributed by atoms with Crippen molar-refractivity contribution < 1.29 is 4.74 Å². The summed E-state index contributed by atoms with van der Waals surface area (Å²) in [6.45, 7) is 5.01. The summed E-state index contributed by atoms with van der Waals surface area (Å²) < 4.78 is 5.64. The van der Waals surface area contributed by atoms with E-state index in [1.54, 1.807) is 0 Å². The van der Waals surface area contributed by atoms with Gasteiger partial charge in [0, 0.05) is 6.04 Å². The molecule has 1 aliphatic rings. The maximum atomic E-state index is 6.06. The Hall–Kier alpha value is -0.0800. The van der Waals surface area contributed by atoms with E-state index in [2.05, 4.69) is 13.8 Å². The molecule has 0 heterocycles. The van der Waals surface area contributed by atoms with Gasteiger partial charge in [0.1, 0.15) is 0 Å². The predicted octanol–water partition coefficient (Wildman–Crippen LogP) is 2.32. The van der Waals surface area contributed by atoms with Crippen LogP contribution in [0.5, 0.6) is 0 Å². The highest BCUT2D eigenvalue weighted by molar-refractivity contribution is 4.77. The molecule has 1 fully saturated rings. The highest BCUT2D eigenvalue weighted by atomic mass is 16.5. The topological polar surface area (TPSA) is 35.2 Å². The maximum absolute atomic E-state index is 6.06. The van der Waals surface area contributed by atoms with Crippen LogP contribution in [0.2, 0.25) is 0 Å². The van der Waals surface area contributed by atoms with Crippen LogP contribution in [0.3, 0.4) is 0 Å². The highest BCUT2D eigenvalue weighted by Gasteiger charge is 2.22. The summed E-state index contributed by atoms with van der Waals surface area (Å²) in [5, 5.41) is 0. The van der Waals surface area contributed by atoms with Gasteiger partial charge in [0.25, 0.3) is 0 Å². The number of hydrogen-bond acceptors (Lipinski definition) is 2. The predicted molar refractivity (Wildman–Crippen MR) is 55.6 cm³/mol. The minimum atomic E-state index is 0.275. The standard InChI is InChI=1S/C11H23NO/c1-3-9(2)13-8-11(12)10-6-4-5-7-10/h9-11H,3-8,12H2,1-2H3. The molecular weight excluding hydrogens is 162 g/mol. The van der Waals surface area contributed by atoms with Crippen LogP contribution in [-0.4, -0.2) is 18.8 Å². The summed E-state index contributed by atoms with van der Waals surface area (Å²) in [7, 11) is 0. The van der Waals surface area contributed by atoms with Crippen molar-refractivity contribution in [3.05, 3.63) is 0 Å². The van der Waals surface area contributed by atoms with Crippen molar-refractivity contribution in [2.24, 2.45) is 11.7 Å². The van der Waals surface area contributed by atoms with E-state index in [-0.39, 0.29) is 6.04 Å². The maximum Gasteiger partial charge on any atom is 0.0623 e. The first-order valence-electron chi connectivity index (χ1n) is 5.61. The highest BCUT2D eigenvalue weighted by Crippen LogP contribution is 2.26. The summed E-state index contributed by atoms with van der Waals surface area (Å²) in [6, 6.07) is 0.275. The lowest BCUT2D eigenvalue weighted by Gasteiger charge is -2.20. The molecule has 0 aliphatic heterocycles. The van der Waals surface area contributed by atoms with E-state index in [4.69, 9.17) is 10.5 Å². The lowest BCUT2D eigenvalue weighted by atomic mass is 10.00. The van der Waals surface area contributed by atoms with Crippen LogP contribution >= 0.6 is 0 Å². The summed E-state index contributed by atoms with van der Waals surface area (Å²) in [4.78, 5) is 0. The van der Waals surface area contributed by atoms with E-state index in [0.717, 1.165) is 18.9 Å². The Morgan fingerprint density at radius 1 is 1.38 bits per heavy atom. The molecule has 13 heavy (non-hydrogen) atoms. The number of hydrogen-bond donors (Lipinski definition) is 1. The number of nitrogens with two attached hydrogens (primary N) is 1. The Kier molecular flexibility index (Phi) is 4.74. The normalized spacial score (nSPS) is 23.3. The van der Waals surface area contributed by atoms with Crippen LogP contribution in [-0.2, 0) is 4.74 Å². The van der Waals surface area contributed by atoms with Crippen molar-refractivity contribution in [2.75, 3.05) is 6.61 Å². The molecule has 0 aromatic rings. The smallest absolute Gasteiger partial charge is 0.0623 e. The third-order valence-corrected chi connectivity index (χ3v) is 3.15. The monoisotopic (exact) mass is 185 g/mol. The molecule has 1 rings (SSSR count). The first kappa shape index (κ1) is 11.0. The molecule has 2 atom stereocenters. The third kappa shape index (κ3) is 3.65. The average molecular weight is 185 g/mol. The van der Waals surface area contributed by atoms with E-state index < -0.39 is 0 Å². The quantitative estimate of drug-likeness (QED) is 0.713. The fraction of sp³-hybridized carbons (Fsp3) is 1.00. The average Bonchev–Trinajstić information content (AvgIpc) is 2.66. The van der Waals surface area contributed by atoms with Crippen LogP contribution in [0.15, 0.2) is 0 Å². The molecule has 78 valence electrons. The zero-order chi connectivity index (χ0) is 9.68. The SMILES string of the molecule is CCC(C)OCC(N)C1CCCC1. The van der Waals surface area contributed by atoms with Crippen molar-refractivity contribution in [1.29, 1.82) is 0 Å². The van der Waals surface area contributed by atoms with E-state index in [1.807, 2.05) is 0 Å². The first-order chi connectivity index (χ1) is 6.24. The van der Waals surface area contributed by atoms with Crippen molar-refractivity contribution in [3.8, 4) is 0 Å². The Bertz CT molecular complexity index is 132. The summed E-state index contributed by atoms with van der Waals surface area (Å²) in [5.74, 6) is 0.726. The minimum absolute atomic E-state index is 0.275. The summed E-state index contributed by atoms with van der Waals surface area (Å²) in [5.41, 5.74) is 6.06. The molecule has 0 amide bonds. The molecule has 2 unspecified atom stereocenters. The summed E-state index contributed by atoms with van der Waals surface area (Å²) >= 11 is 0. The second kappa shape index (κ2) is 5.61. The second-order valence-corrected chi connectivity index (χ2v) is 4.26. The van der Waals surface area contributed by atoms with E-state index in [9.17, 15) is 0 Å². The molecule has 0 bridgehead atoms. The van der Waals surface area contributed by atoms with Gasteiger partial charge in [-0.2, -0.15) is 0 Å². The Labute approximate surface area is 81.8 Å². The van der Waals surface area contributed by atoms with Gasteiger partial charge in [-0.3, -0.25) is 0 Å². The van der Waals surface area contributed by atoms with Crippen LogP contribution in [0, 0.1) is 5.92 Å². The number of rotatable bonds is 5. The minimum Gasteiger partial charge on any atom is -0.377 e. The molecule has 0 aromatic heterocycles. The van der Waals surface area contributed by atoms with Gasteiger partial charge in [0.05, 0.1) is 12.7 Å². The Balaban J connectivity index is 2.12. The van der Waals surface area contributed by atoms with Crippen LogP contribution < -0.4 is 5.73 Å². The molecule has 0 saturated heterocycles. The van der Waals surface area contributed by atoms with Gasteiger partial charge in [-0.1, -0.05) is 19.8 Å². The Morgan fingerprint density at radius 2 is 2.00 bits per heavy atom. The van der Waals surface area contributed by atoms with E-state index >= 15 is 0 Å². The van der Waals surface area contributed by atoms with E-state index in [0.29, 0.717) is 6.10 Å². The van der Waals surface area contributed by atoms with Crippen molar-refractivity contribution in [1.82, 2.24) is 0 Å². The van der Waals surface area contributed by atoms with Crippen LogP contribution in [0.25, 0.3) is 0 Å². The third-order valence-electron chi connectivity index (χ3n) is 3.15. The van der Waals surface area contributed by atoms with Gasteiger partial charge in [-0.05, 0) is 32.1 Å². The first-order valence-corrected chi connectivity index (χ1v) is 5.61. The van der Waals surface area contributed by atoms with Gasteiger partial charge < -0.3 is 10.5 Å². The number of ether oxygens (including phenoxy) is 1. The van der Waals surface area contributed by atoms with Crippen LogP contribution in [0.4, 0.5) is 0 Å². The molecule has 0 radical (unpaired) electrons. The van der Waals surface area contributed by atoms with Gasteiger partial charge in [0.15, 0.2) is 0 Å².